The highest BCUT2D eigenvalue weighted by Crippen LogP contribution is 2.28. The largest absolute Gasteiger partial charge is 0.497 e. The maximum atomic E-state index is 6.08. The van der Waals surface area contributed by atoms with Gasteiger partial charge >= 0.3 is 0 Å². The molecule has 0 N–H and O–H groups in total. The second kappa shape index (κ2) is 5.34. The summed E-state index contributed by atoms with van der Waals surface area (Å²) in [6.45, 7) is 0. The van der Waals surface area contributed by atoms with Crippen molar-refractivity contribution in [2.24, 2.45) is 0 Å². The summed E-state index contributed by atoms with van der Waals surface area (Å²) in [6.07, 6.45) is 3.73. The van der Waals surface area contributed by atoms with E-state index in [1.807, 2.05) is 41.0 Å². The van der Waals surface area contributed by atoms with E-state index in [0.29, 0.717) is 5.15 Å². The molecule has 0 aliphatic heterocycles. The monoisotopic (exact) mass is 305 g/mol. The SMILES string of the molecule is COc1ccc(-c2ncn3c(SC)nc(Cl)cc23)cc1. The summed E-state index contributed by atoms with van der Waals surface area (Å²) in [5.74, 6) is 0.821. The number of halogens is 1. The number of rotatable bonds is 3. The molecular weight excluding hydrogens is 294 g/mol. The number of nitrogens with zero attached hydrogens (tertiary/aromatic N) is 3. The second-order valence-electron chi connectivity index (χ2n) is 4.14. The van der Waals surface area contributed by atoms with Gasteiger partial charge in [-0.15, -0.1) is 0 Å². The van der Waals surface area contributed by atoms with Crippen LogP contribution in [0.4, 0.5) is 0 Å². The first-order valence-electron chi connectivity index (χ1n) is 5.95. The van der Waals surface area contributed by atoms with Crippen LogP contribution in [0.5, 0.6) is 5.75 Å². The molecule has 20 heavy (non-hydrogen) atoms. The van der Waals surface area contributed by atoms with Crippen molar-refractivity contribution < 1.29 is 4.74 Å². The molecule has 0 unspecified atom stereocenters. The van der Waals surface area contributed by atoms with E-state index in [2.05, 4.69) is 9.97 Å². The summed E-state index contributed by atoms with van der Waals surface area (Å²) in [6, 6.07) is 9.62. The second-order valence-corrected chi connectivity index (χ2v) is 5.30. The number of benzene rings is 1. The Morgan fingerprint density at radius 3 is 2.65 bits per heavy atom. The van der Waals surface area contributed by atoms with Crippen molar-refractivity contribution in [3.8, 4) is 17.0 Å². The average molecular weight is 306 g/mol. The van der Waals surface area contributed by atoms with E-state index in [0.717, 1.165) is 27.7 Å². The summed E-state index contributed by atoms with van der Waals surface area (Å²) in [5, 5.41) is 1.29. The molecule has 6 heteroatoms. The van der Waals surface area contributed by atoms with Crippen molar-refractivity contribution in [3.63, 3.8) is 0 Å². The van der Waals surface area contributed by atoms with Gasteiger partial charge in [-0.2, -0.15) is 0 Å². The predicted octanol–water partition coefficient (Wildman–Crippen LogP) is 3.78. The van der Waals surface area contributed by atoms with Crippen molar-refractivity contribution in [2.75, 3.05) is 13.4 Å². The van der Waals surface area contributed by atoms with Crippen LogP contribution in [0.1, 0.15) is 0 Å². The van der Waals surface area contributed by atoms with Crippen molar-refractivity contribution in [3.05, 3.63) is 41.8 Å². The first-order valence-corrected chi connectivity index (χ1v) is 7.55. The van der Waals surface area contributed by atoms with Crippen LogP contribution >= 0.6 is 23.4 Å². The molecule has 0 amide bonds. The zero-order valence-electron chi connectivity index (χ0n) is 11.0. The summed E-state index contributed by atoms with van der Waals surface area (Å²) in [4.78, 5) is 8.77. The minimum atomic E-state index is 0.470. The zero-order chi connectivity index (χ0) is 14.1. The summed E-state index contributed by atoms with van der Waals surface area (Å²) < 4.78 is 7.11. The molecule has 3 aromatic rings. The van der Waals surface area contributed by atoms with Gasteiger partial charge in [0.2, 0.25) is 0 Å². The van der Waals surface area contributed by atoms with E-state index in [1.54, 1.807) is 13.4 Å². The molecular formula is C14H12ClN3OS. The molecule has 0 bridgehead atoms. The predicted molar refractivity (Wildman–Crippen MR) is 81.8 cm³/mol. The maximum Gasteiger partial charge on any atom is 0.175 e. The highest BCUT2D eigenvalue weighted by molar-refractivity contribution is 7.98. The quantitative estimate of drug-likeness (QED) is 0.419. The van der Waals surface area contributed by atoms with Gasteiger partial charge in [0.05, 0.1) is 18.3 Å². The topological polar surface area (TPSA) is 39.4 Å². The Morgan fingerprint density at radius 1 is 1.25 bits per heavy atom. The minimum Gasteiger partial charge on any atom is -0.497 e. The van der Waals surface area contributed by atoms with E-state index in [4.69, 9.17) is 16.3 Å². The van der Waals surface area contributed by atoms with Crippen LogP contribution in [0.3, 0.4) is 0 Å². The molecule has 0 spiro atoms. The standard InChI is InChI=1S/C14H12ClN3OS/c1-19-10-5-3-9(4-6-10)13-11-7-12(15)17-14(20-2)18(11)8-16-13/h3-8H,1-2H3. The van der Waals surface area contributed by atoms with Crippen LogP contribution in [0.15, 0.2) is 41.8 Å². The number of fused-ring (bicyclic) bond motifs is 1. The summed E-state index contributed by atoms with van der Waals surface area (Å²) in [5.41, 5.74) is 2.84. The fourth-order valence-electron chi connectivity index (χ4n) is 2.05. The lowest BCUT2D eigenvalue weighted by molar-refractivity contribution is 0.415. The van der Waals surface area contributed by atoms with Crippen LogP contribution < -0.4 is 4.74 Å². The number of hydrogen-bond acceptors (Lipinski definition) is 4. The molecule has 0 aliphatic carbocycles. The van der Waals surface area contributed by atoms with E-state index < -0.39 is 0 Å². The Morgan fingerprint density at radius 2 is 2.00 bits per heavy atom. The first-order chi connectivity index (χ1) is 9.72. The Hall–Kier alpha value is -1.72. The van der Waals surface area contributed by atoms with E-state index in [-0.39, 0.29) is 0 Å². The van der Waals surface area contributed by atoms with Crippen LogP contribution in [0, 0.1) is 0 Å². The average Bonchev–Trinajstić information content (AvgIpc) is 2.90. The van der Waals surface area contributed by atoms with E-state index in [9.17, 15) is 0 Å². The highest BCUT2D eigenvalue weighted by Gasteiger charge is 2.11. The molecule has 0 saturated carbocycles. The third-order valence-electron chi connectivity index (χ3n) is 3.01. The van der Waals surface area contributed by atoms with Crippen molar-refractivity contribution in [1.29, 1.82) is 0 Å². The van der Waals surface area contributed by atoms with Crippen molar-refractivity contribution >= 4 is 28.9 Å². The number of imidazole rings is 1. The van der Waals surface area contributed by atoms with E-state index in [1.165, 1.54) is 11.8 Å². The number of hydrogen-bond donors (Lipinski definition) is 0. The fraction of sp³-hybridized carbons (Fsp3) is 0.143. The van der Waals surface area contributed by atoms with Gasteiger partial charge in [-0.05, 0) is 30.5 Å². The molecule has 0 saturated heterocycles. The van der Waals surface area contributed by atoms with Gasteiger partial charge in [0.15, 0.2) is 5.16 Å². The fourth-order valence-corrected chi connectivity index (χ4v) is 2.82. The smallest absolute Gasteiger partial charge is 0.175 e. The lowest BCUT2D eigenvalue weighted by Gasteiger charge is -2.04. The molecule has 0 radical (unpaired) electrons. The molecule has 0 fully saturated rings. The normalized spacial score (nSPS) is 10.9. The van der Waals surface area contributed by atoms with Crippen LogP contribution in [-0.2, 0) is 0 Å². The molecule has 102 valence electrons. The summed E-state index contributed by atoms with van der Waals surface area (Å²) in [7, 11) is 1.65. The third-order valence-corrected chi connectivity index (χ3v) is 3.86. The number of aromatic nitrogens is 3. The Balaban J connectivity index is 2.18. The number of thioether (sulfide) groups is 1. The van der Waals surface area contributed by atoms with Crippen LogP contribution in [0.2, 0.25) is 5.15 Å². The van der Waals surface area contributed by atoms with Gasteiger partial charge in [-0.25, -0.2) is 9.97 Å². The van der Waals surface area contributed by atoms with Gasteiger partial charge in [0.25, 0.3) is 0 Å². The Bertz CT molecular complexity index is 755. The molecule has 1 aromatic carbocycles. The third kappa shape index (κ3) is 2.23. The molecule has 2 heterocycles. The molecule has 0 atom stereocenters. The van der Waals surface area contributed by atoms with Gasteiger partial charge in [0, 0.05) is 11.6 Å². The zero-order valence-corrected chi connectivity index (χ0v) is 12.6. The van der Waals surface area contributed by atoms with Crippen LogP contribution in [0.25, 0.3) is 16.8 Å². The maximum absolute atomic E-state index is 6.08. The minimum absolute atomic E-state index is 0.470. The Kier molecular flexibility index (Phi) is 3.54. The van der Waals surface area contributed by atoms with Gasteiger partial charge in [-0.1, -0.05) is 23.4 Å². The Labute approximate surface area is 125 Å². The lowest BCUT2D eigenvalue weighted by Crippen LogP contribution is -1.92. The van der Waals surface area contributed by atoms with Gasteiger partial charge in [-0.3, -0.25) is 4.40 Å². The van der Waals surface area contributed by atoms with E-state index >= 15 is 0 Å². The number of methoxy groups -OCH3 is 1. The van der Waals surface area contributed by atoms with Crippen LogP contribution in [-0.4, -0.2) is 27.7 Å². The molecule has 2 aromatic heterocycles. The molecule has 3 rings (SSSR count). The molecule has 4 nitrogen and oxygen atoms in total. The lowest BCUT2D eigenvalue weighted by atomic mass is 10.1. The first kappa shape index (κ1) is 13.3. The molecule has 0 aliphatic rings. The summed E-state index contributed by atoms with van der Waals surface area (Å²) >= 11 is 7.62. The highest BCUT2D eigenvalue weighted by atomic mass is 35.5. The van der Waals surface area contributed by atoms with Gasteiger partial charge < -0.3 is 4.74 Å². The van der Waals surface area contributed by atoms with Crippen molar-refractivity contribution in [2.45, 2.75) is 5.16 Å². The number of ether oxygens (including phenoxy) is 1. The van der Waals surface area contributed by atoms with Crippen molar-refractivity contribution in [1.82, 2.24) is 14.4 Å². The van der Waals surface area contributed by atoms with Gasteiger partial charge in [0.1, 0.15) is 17.2 Å².